The van der Waals surface area contributed by atoms with Crippen molar-refractivity contribution in [2.24, 2.45) is 0 Å². The van der Waals surface area contributed by atoms with Gasteiger partial charge in [-0.1, -0.05) is 25.8 Å². The van der Waals surface area contributed by atoms with Crippen LogP contribution in [0.3, 0.4) is 0 Å². The Balaban J connectivity index is 1.88. The fourth-order valence-corrected chi connectivity index (χ4v) is 2.67. The average Bonchev–Trinajstić information content (AvgIpc) is 2.98. The van der Waals surface area contributed by atoms with Crippen LogP contribution in [0.25, 0.3) is 0 Å². The Morgan fingerprint density at radius 2 is 2.14 bits per heavy atom. The van der Waals surface area contributed by atoms with Gasteiger partial charge < -0.3 is 10.1 Å². The van der Waals surface area contributed by atoms with Crippen LogP contribution in [-0.2, 0) is 0 Å². The minimum absolute atomic E-state index is 0.201. The molecule has 0 aromatic heterocycles. The van der Waals surface area contributed by atoms with Crippen molar-refractivity contribution in [2.45, 2.75) is 45.1 Å². The Morgan fingerprint density at radius 3 is 2.86 bits per heavy atom. The molecule has 0 aliphatic heterocycles. The second kappa shape index (κ2) is 7.98. The summed E-state index contributed by atoms with van der Waals surface area (Å²) >= 11 is 5.20. The lowest BCUT2D eigenvalue weighted by atomic mass is 10.2. The summed E-state index contributed by atoms with van der Waals surface area (Å²) in [5.74, 6) is 0.506. The van der Waals surface area contributed by atoms with E-state index in [4.69, 9.17) is 17.0 Å². The van der Waals surface area contributed by atoms with Gasteiger partial charge in [-0.2, -0.15) is 0 Å². The second-order valence-electron chi connectivity index (χ2n) is 5.29. The number of thiocarbonyl (C=S) groups is 1. The van der Waals surface area contributed by atoms with E-state index in [0.29, 0.717) is 29.1 Å². The summed E-state index contributed by atoms with van der Waals surface area (Å²) in [6.07, 6.45) is 5.63. The highest BCUT2D eigenvalue weighted by atomic mass is 32.1. The van der Waals surface area contributed by atoms with Gasteiger partial charge in [0.15, 0.2) is 5.11 Å². The van der Waals surface area contributed by atoms with Gasteiger partial charge in [-0.15, -0.1) is 0 Å². The summed E-state index contributed by atoms with van der Waals surface area (Å²) in [4.78, 5) is 12.2. The number of benzene rings is 1. The van der Waals surface area contributed by atoms with Crippen LogP contribution in [-0.4, -0.2) is 23.7 Å². The minimum atomic E-state index is -0.201. The second-order valence-corrected chi connectivity index (χ2v) is 5.69. The van der Waals surface area contributed by atoms with Crippen LogP contribution >= 0.6 is 12.2 Å². The van der Waals surface area contributed by atoms with Gasteiger partial charge in [0.25, 0.3) is 5.91 Å². The first-order chi connectivity index (χ1) is 10.2. The number of carbonyl (C=O) groups excluding carboxylic acids is 1. The Hall–Kier alpha value is -1.62. The number of hydrogen-bond acceptors (Lipinski definition) is 3. The van der Waals surface area contributed by atoms with E-state index in [0.717, 1.165) is 19.3 Å². The zero-order valence-corrected chi connectivity index (χ0v) is 13.2. The van der Waals surface area contributed by atoms with Crippen molar-refractivity contribution in [3.05, 3.63) is 29.8 Å². The fourth-order valence-electron chi connectivity index (χ4n) is 2.41. The van der Waals surface area contributed by atoms with Gasteiger partial charge in [-0.3, -0.25) is 10.1 Å². The number of nitrogens with one attached hydrogen (secondary N) is 2. The Labute approximate surface area is 131 Å². The SMILES string of the molecule is CCCOc1cccc(C(=O)NC(=S)NC2CCCC2)c1. The van der Waals surface area contributed by atoms with Gasteiger partial charge in [0.2, 0.25) is 0 Å². The largest absolute Gasteiger partial charge is 0.494 e. The summed E-state index contributed by atoms with van der Waals surface area (Å²) in [7, 11) is 0. The van der Waals surface area contributed by atoms with E-state index in [1.54, 1.807) is 12.1 Å². The van der Waals surface area contributed by atoms with Gasteiger partial charge in [-0.05, 0) is 49.7 Å². The van der Waals surface area contributed by atoms with Crippen molar-refractivity contribution in [3.63, 3.8) is 0 Å². The summed E-state index contributed by atoms with van der Waals surface area (Å²) in [5.41, 5.74) is 0.555. The van der Waals surface area contributed by atoms with Gasteiger partial charge in [0, 0.05) is 11.6 Å². The van der Waals surface area contributed by atoms with Crippen LogP contribution in [0.2, 0.25) is 0 Å². The highest BCUT2D eigenvalue weighted by molar-refractivity contribution is 7.80. The van der Waals surface area contributed by atoms with E-state index in [9.17, 15) is 4.79 Å². The molecular weight excluding hydrogens is 284 g/mol. The third-order valence-electron chi connectivity index (χ3n) is 3.49. The Morgan fingerprint density at radius 1 is 1.38 bits per heavy atom. The van der Waals surface area contributed by atoms with E-state index < -0.39 is 0 Å². The molecule has 1 aliphatic rings. The predicted octanol–water partition coefficient (Wildman–Crippen LogP) is 3.02. The maximum absolute atomic E-state index is 12.2. The molecule has 0 unspecified atom stereocenters. The fraction of sp³-hybridized carbons (Fsp3) is 0.500. The van der Waals surface area contributed by atoms with Crippen molar-refractivity contribution in [1.82, 2.24) is 10.6 Å². The van der Waals surface area contributed by atoms with E-state index in [2.05, 4.69) is 10.6 Å². The van der Waals surface area contributed by atoms with Crippen molar-refractivity contribution < 1.29 is 9.53 Å². The number of rotatable bonds is 5. The van der Waals surface area contributed by atoms with Crippen molar-refractivity contribution in [3.8, 4) is 5.75 Å². The molecule has 1 aromatic rings. The highest BCUT2D eigenvalue weighted by Gasteiger charge is 2.16. The number of ether oxygens (including phenoxy) is 1. The lowest BCUT2D eigenvalue weighted by Gasteiger charge is -2.15. The molecule has 1 saturated carbocycles. The van der Waals surface area contributed by atoms with Gasteiger partial charge in [0.1, 0.15) is 5.75 Å². The van der Waals surface area contributed by atoms with Crippen LogP contribution in [0.4, 0.5) is 0 Å². The molecule has 0 spiro atoms. The molecular formula is C16H22N2O2S. The van der Waals surface area contributed by atoms with Crippen LogP contribution in [0, 0.1) is 0 Å². The first-order valence-corrected chi connectivity index (χ1v) is 7.94. The van der Waals surface area contributed by atoms with Crippen molar-refractivity contribution in [2.75, 3.05) is 6.61 Å². The lowest BCUT2D eigenvalue weighted by molar-refractivity contribution is 0.0976. The molecule has 1 aliphatic carbocycles. The third kappa shape index (κ3) is 5.01. The molecule has 114 valence electrons. The number of amides is 1. The normalized spacial score (nSPS) is 14.7. The van der Waals surface area contributed by atoms with Gasteiger partial charge in [0.05, 0.1) is 6.61 Å². The van der Waals surface area contributed by atoms with Crippen molar-refractivity contribution >= 4 is 23.2 Å². The van der Waals surface area contributed by atoms with E-state index in [-0.39, 0.29) is 5.91 Å². The third-order valence-corrected chi connectivity index (χ3v) is 3.71. The molecule has 5 heteroatoms. The minimum Gasteiger partial charge on any atom is -0.494 e. The van der Waals surface area contributed by atoms with Crippen LogP contribution < -0.4 is 15.4 Å². The molecule has 0 saturated heterocycles. The predicted molar refractivity (Wildman–Crippen MR) is 87.7 cm³/mol. The Kier molecular flexibility index (Phi) is 5.99. The molecule has 1 amide bonds. The zero-order valence-electron chi connectivity index (χ0n) is 12.4. The molecule has 2 N–H and O–H groups in total. The molecule has 2 rings (SSSR count). The highest BCUT2D eigenvalue weighted by Crippen LogP contribution is 2.17. The topological polar surface area (TPSA) is 50.4 Å². The lowest BCUT2D eigenvalue weighted by Crippen LogP contribution is -2.43. The van der Waals surface area contributed by atoms with Gasteiger partial charge >= 0.3 is 0 Å². The number of hydrogen-bond donors (Lipinski definition) is 2. The molecule has 1 fully saturated rings. The molecule has 0 heterocycles. The molecule has 4 nitrogen and oxygen atoms in total. The summed E-state index contributed by atoms with van der Waals surface area (Å²) in [5, 5.41) is 6.34. The molecule has 1 aromatic carbocycles. The first-order valence-electron chi connectivity index (χ1n) is 7.53. The van der Waals surface area contributed by atoms with Crippen molar-refractivity contribution in [1.29, 1.82) is 0 Å². The summed E-state index contributed by atoms with van der Waals surface area (Å²) in [6.45, 7) is 2.69. The standard InChI is InChI=1S/C16H22N2O2S/c1-2-10-20-14-9-5-6-12(11-14)15(19)18-16(21)17-13-7-3-4-8-13/h5-6,9,11,13H,2-4,7-8,10H2,1H3,(H2,17,18,19,21). The monoisotopic (exact) mass is 306 g/mol. The first kappa shape index (κ1) is 15.8. The smallest absolute Gasteiger partial charge is 0.257 e. The maximum Gasteiger partial charge on any atom is 0.257 e. The van der Waals surface area contributed by atoms with E-state index >= 15 is 0 Å². The summed E-state index contributed by atoms with van der Waals surface area (Å²) in [6, 6.07) is 7.56. The van der Waals surface area contributed by atoms with Crippen LogP contribution in [0.15, 0.2) is 24.3 Å². The van der Waals surface area contributed by atoms with E-state index in [1.165, 1.54) is 12.8 Å². The van der Waals surface area contributed by atoms with E-state index in [1.807, 2.05) is 19.1 Å². The molecule has 0 bridgehead atoms. The van der Waals surface area contributed by atoms with Gasteiger partial charge in [-0.25, -0.2) is 0 Å². The Bertz CT molecular complexity index is 499. The molecule has 21 heavy (non-hydrogen) atoms. The molecule has 0 atom stereocenters. The summed E-state index contributed by atoms with van der Waals surface area (Å²) < 4.78 is 5.53. The number of carbonyl (C=O) groups is 1. The quantitative estimate of drug-likeness (QED) is 0.821. The average molecular weight is 306 g/mol. The van der Waals surface area contributed by atoms with Crippen LogP contribution in [0.1, 0.15) is 49.4 Å². The zero-order chi connectivity index (χ0) is 15.1. The van der Waals surface area contributed by atoms with Crippen LogP contribution in [0.5, 0.6) is 5.75 Å². The maximum atomic E-state index is 12.2. The molecule has 0 radical (unpaired) electrons.